The number of phenolic OH excluding ortho intramolecular Hbond substituents is 1. The molecule has 5 rings (SSSR count). The molecule has 0 saturated heterocycles. The van der Waals surface area contributed by atoms with Crippen LogP contribution in [0.4, 0.5) is 5.82 Å². The van der Waals surface area contributed by atoms with Crippen LogP contribution in [0.1, 0.15) is 33.1 Å². The van der Waals surface area contributed by atoms with Gasteiger partial charge in [0, 0.05) is 18.3 Å². The van der Waals surface area contributed by atoms with Gasteiger partial charge in [0.2, 0.25) is 0 Å². The molecule has 1 amide bonds. The van der Waals surface area contributed by atoms with Gasteiger partial charge < -0.3 is 15.7 Å². The molecule has 0 unspecified atom stereocenters. The van der Waals surface area contributed by atoms with Crippen LogP contribution in [0, 0.1) is 20.8 Å². The molecule has 0 fully saturated rings. The van der Waals surface area contributed by atoms with Crippen LogP contribution in [0.3, 0.4) is 0 Å². The second kappa shape index (κ2) is 6.79. The second-order valence-corrected chi connectivity index (χ2v) is 7.75. The summed E-state index contributed by atoms with van der Waals surface area (Å²) in [7, 11) is 0. The molecule has 0 saturated carbocycles. The lowest BCUT2D eigenvalue weighted by atomic mass is 10.1. The summed E-state index contributed by atoms with van der Waals surface area (Å²) < 4.78 is 3.54. The van der Waals surface area contributed by atoms with E-state index in [9.17, 15) is 9.90 Å². The van der Waals surface area contributed by atoms with Crippen molar-refractivity contribution in [1.82, 2.24) is 34.2 Å². The molecule has 0 radical (unpaired) electrons. The van der Waals surface area contributed by atoms with E-state index < -0.39 is 0 Å². The smallest absolute Gasteiger partial charge is 0.258 e. The Balaban J connectivity index is 1.72. The molecule has 4 aromatic rings. The molecule has 0 bridgehead atoms. The molecular formula is C21H22N8O2. The number of carbonyl (C=O) groups is 1. The number of fused-ring (bicyclic) bond motifs is 2. The molecule has 3 aromatic heterocycles. The molecule has 0 atom stereocenters. The predicted molar refractivity (Wildman–Crippen MR) is 114 cm³/mol. The highest BCUT2D eigenvalue weighted by Gasteiger charge is 2.30. The number of nitrogens with zero attached hydrogens (tertiary/aromatic N) is 7. The van der Waals surface area contributed by atoms with Crippen LogP contribution in [0.15, 0.2) is 24.7 Å². The Kier molecular flexibility index (Phi) is 4.17. The van der Waals surface area contributed by atoms with Crippen LogP contribution in [-0.4, -0.2) is 51.8 Å². The number of aryl methyl sites for hydroxylation is 2. The number of carbonyl (C=O) groups excluding carboxylic acids is 1. The van der Waals surface area contributed by atoms with Crippen molar-refractivity contribution < 1.29 is 9.90 Å². The molecule has 4 heterocycles. The number of aromatic nitrogens is 6. The maximum Gasteiger partial charge on any atom is 0.258 e. The van der Waals surface area contributed by atoms with Gasteiger partial charge in [-0.05, 0) is 32.4 Å². The van der Waals surface area contributed by atoms with Gasteiger partial charge >= 0.3 is 0 Å². The van der Waals surface area contributed by atoms with E-state index in [-0.39, 0.29) is 17.5 Å². The van der Waals surface area contributed by atoms with Crippen molar-refractivity contribution in [3.8, 4) is 11.4 Å². The van der Waals surface area contributed by atoms with Crippen LogP contribution in [-0.2, 0) is 13.1 Å². The number of hydrogen-bond acceptors (Lipinski definition) is 7. The first kappa shape index (κ1) is 19.0. The summed E-state index contributed by atoms with van der Waals surface area (Å²) in [6.07, 6.45) is 3.13. The minimum atomic E-state index is -0.210. The Hall–Kier alpha value is -3.95. The van der Waals surface area contributed by atoms with Crippen molar-refractivity contribution in [2.75, 3.05) is 12.3 Å². The molecule has 10 heteroatoms. The number of nitrogens with two attached hydrogens (primary N) is 1. The van der Waals surface area contributed by atoms with E-state index in [0.29, 0.717) is 53.3 Å². The Morgan fingerprint density at radius 1 is 1.16 bits per heavy atom. The van der Waals surface area contributed by atoms with E-state index in [4.69, 9.17) is 5.73 Å². The zero-order valence-electron chi connectivity index (χ0n) is 17.5. The summed E-state index contributed by atoms with van der Waals surface area (Å²) in [6, 6.07) is 3.46. The summed E-state index contributed by atoms with van der Waals surface area (Å²) in [5, 5.41) is 15.1. The van der Waals surface area contributed by atoms with Crippen molar-refractivity contribution in [2.45, 2.75) is 33.9 Å². The van der Waals surface area contributed by atoms with E-state index in [2.05, 4.69) is 20.1 Å². The molecule has 0 spiro atoms. The van der Waals surface area contributed by atoms with Gasteiger partial charge in [-0.3, -0.25) is 9.36 Å². The van der Waals surface area contributed by atoms with Crippen molar-refractivity contribution in [3.63, 3.8) is 0 Å². The minimum Gasteiger partial charge on any atom is -0.508 e. The number of nitrogen functional groups attached to an aromatic ring is 1. The lowest BCUT2D eigenvalue weighted by molar-refractivity contribution is 0.0705. The van der Waals surface area contributed by atoms with Gasteiger partial charge in [0.15, 0.2) is 5.65 Å². The average molecular weight is 418 g/mol. The first-order valence-electron chi connectivity index (χ1n) is 9.96. The number of aromatic hydroxyl groups is 1. The normalized spacial score (nSPS) is 13.6. The maximum absolute atomic E-state index is 13.6. The van der Waals surface area contributed by atoms with E-state index in [1.807, 2.05) is 19.9 Å². The van der Waals surface area contributed by atoms with Crippen molar-refractivity contribution in [1.29, 1.82) is 0 Å². The largest absolute Gasteiger partial charge is 0.508 e. The highest BCUT2D eigenvalue weighted by Crippen LogP contribution is 2.36. The van der Waals surface area contributed by atoms with Crippen molar-refractivity contribution in [3.05, 3.63) is 53.0 Å². The fourth-order valence-corrected chi connectivity index (χ4v) is 4.18. The van der Waals surface area contributed by atoms with Gasteiger partial charge in [-0.15, -0.1) is 0 Å². The highest BCUT2D eigenvalue weighted by atomic mass is 16.3. The van der Waals surface area contributed by atoms with E-state index >= 15 is 0 Å². The number of anilines is 1. The first-order valence-corrected chi connectivity index (χ1v) is 9.96. The van der Waals surface area contributed by atoms with E-state index in [1.54, 1.807) is 33.3 Å². The van der Waals surface area contributed by atoms with Crippen LogP contribution in [0.5, 0.6) is 5.75 Å². The zero-order chi connectivity index (χ0) is 21.9. The van der Waals surface area contributed by atoms with Crippen LogP contribution in [0.2, 0.25) is 0 Å². The second-order valence-electron chi connectivity index (χ2n) is 7.75. The molecule has 0 aliphatic carbocycles. The van der Waals surface area contributed by atoms with Gasteiger partial charge in [-0.1, -0.05) is 6.07 Å². The summed E-state index contributed by atoms with van der Waals surface area (Å²) in [5.74, 6) is 1.50. The zero-order valence-corrected chi connectivity index (χ0v) is 17.5. The topological polar surface area (TPSA) is 128 Å². The van der Waals surface area contributed by atoms with Gasteiger partial charge in [0.05, 0.1) is 29.7 Å². The fourth-order valence-electron chi connectivity index (χ4n) is 4.18. The first-order chi connectivity index (χ1) is 14.9. The molecule has 31 heavy (non-hydrogen) atoms. The minimum absolute atomic E-state index is 0.149. The molecule has 1 aromatic carbocycles. The molecule has 10 nitrogen and oxygen atoms in total. The lowest BCUT2D eigenvalue weighted by Gasteiger charge is -2.26. The summed E-state index contributed by atoms with van der Waals surface area (Å²) >= 11 is 0. The Bertz CT molecular complexity index is 1350. The van der Waals surface area contributed by atoms with Crippen molar-refractivity contribution >= 4 is 22.8 Å². The Morgan fingerprint density at radius 3 is 2.77 bits per heavy atom. The quantitative estimate of drug-likeness (QED) is 0.509. The highest BCUT2D eigenvalue weighted by molar-refractivity contribution is 6.11. The summed E-state index contributed by atoms with van der Waals surface area (Å²) in [4.78, 5) is 28.4. The number of phenols is 1. The fraction of sp³-hybridized carbons (Fsp3) is 0.286. The molecule has 1 aliphatic heterocycles. The Morgan fingerprint density at radius 2 is 1.97 bits per heavy atom. The molecule has 3 N–H and O–H groups in total. The number of amides is 1. The lowest BCUT2D eigenvalue weighted by Crippen LogP contribution is -2.39. The maximum atomic E-state index is 13.6. The predicted octanol–water partition coefficient (Wildman–Crippen LogP) is 1.88. The van der Waals surface area contributed by atoms with E-state index in [0.717, 1.165) is 11.4 Å². The SMILES string of the molecule is Cc1ncc2c(C(=O)N3CCn4ncnc4C3)c(N)n(-c3c(C)ccc(O)c3C)c2n1. The molecule has 1 aliphatic rings. The van der Waals surface area contributed by atoms with Gasteiger partial charge in [0.25, 0.3) is 5.91 Å². The third-order valence-corrected chi connectivity index (χ3v) is 5.81. The average Bonchev–Trinajstić information content (AvgIpc) is 3.32. The van der Waals surface area contributed by atoms with Crippen molar-refractivity contribution in [2.24, 2.45) is 0 Å². The number of benzene rings is 1. The van der Waals surface area contributed by atoms with Crippen LogP contribution in [0.25, 0.3) is 16.7 Å². The molecular weight excluding hydrogens is 396 g/mol. The standard InChI is InChI=1S/C21H22N8O2/c1-11-4-5-15(30)12(2)18(11)29-19(22)17(14-8-23-13(3)26-20(14)29)21(31)27-6-7-28-16(9-27)24-10-25-28/h4-5,8,10,30H,6-7,9,22H2,1-3H3. The van der Waals surface area contributed by atoms with Gasteiger partial charge in [0.1, 0.15) is 29.5 Å². The monoisotopic (exact) mass is 418 g/mol. The van der Waals surface area contributed by atoms with Crippen LogP contribution >= 0.6 is 0 Å². The number of hydrogen-bond donors (Lipinski definition) is 2. The number of rotatable bonds is 2. The van der Waals surface area contributed by atoms with Gasteiger partial charge in [-0.2, -0.15) is 5.10 Å². The summed E-state index contributed by atoms with van der Waals surface area (Å²) in [5.41, 5.74) is 9.75. The summed E-state index contributed by atoms with van der Waals surface area (Å²) in [6.45, 7) is 6.95. The van der Waals surface area contributed by atoms with E-state index in [1.165, 1.54) is 6.33 Å². The van der Waals surface area contributed by atoms with Gasteiger partial charge in [-0.25, -0.2) is 19.6 Å². The van der Waals surface area contributed by atoms with Crippen LogP contribution < -0.4 is 5.73 Å². The third kappa shape index (κ3) is 2.82. The third-order valence-electron chi connectivity index (χ3n) is 5.81. The Labute approximate surface area is 178 Å². The molecule has 158 valence electrons.